The maximum Gasteiger partial charge on any atom is 0.251 e. The van der Waals surface area contributed by atoms with E-state index in [0.717, 1.165) is 11.1 Å². The van der Waals surface area contributed by atoms with Crippen molar-refractivity contribution < 1.29 is 22.7 Å². The van der Waals surface area contributed by atoms with Gasteiger partial charge in [0.15, 0.2) is 11.5 Å². The first-order valence-electron chi connectivity index (χ1n) is 10.4. The van der Waals surface area contributed by atoms with E-state index in [9.17, 15) is 13.2 Å². The Hall–Kier alpha value is -3.52. The van der Waals surface area contributed by atoms with Gasteiger partial charge in [0.25, 0.3) is 5.91 Å². The summed E-state index contributed by atoms with van der Waals surface area (Å²) < 4.78 is 36.7. The van der Waals surface area contributed by atoms with Gasteiger partial charge in [-0.25, -0.2) is 8.42 Å². The van der Waals surface area contributed by atoms with Crippen molar-refractivity contribution in [1.82, 2.24) is 5.32 Å². The molecule has 0 fully saturated rings. The monoisotopic (exact) mass is 468 g/mol. The van der Waals surface area contributed by atoms with Crippen LogP contribution in [0.15, 0.2) is 72.8 Å². The van der Waals surface area contributed by atoms with Crippen LogP contribution in [0.25, 0.3) is 0 Å². The molecule has 3 aromatic carbocycles. The van der Waals surface area contributed by atoms with Crippen molar-refractivity contribution in [3.63, 3.8) is 0 Å². The van der Waals surface area contributed by atoms with Gasteiger partial charge in [-0.05, 0) is 54.4 Å². The Kier molecular flexibility index (Phi) is 7.60. The van der Waals surface area contributed by atoms with Crippen molar-refractivity contribution in [1.29, 1.82) is 0 Å². The number of benzene rings is 3. The number of hydrogen-bond acceptors (Lipinski definition) is 5. The van der Waals surface area contributed by atoms with Crippen molar-refractivity contribution in [3.8, 4) is 11.5 Å². The van der Waals surface area contributed by atoms with E-state index in [0.29, 0.717) is 22.7 Å². The second kappa shape index (κ2) is 10.4. The summed E-state index contributed by atoms with van der Waals surface area (Å²) in [6, 6.07) is 21.1. The number of hydrogen-bond donors (Lipinski definition) is 1. The highest BCUT2D eigenvalue weighted by atomic mass is 32.2. The zero-order chi connectivity index (χ0) is 24.0. The summed E-state index contributed by atoms with van der Waals surface area (Å²) in [5.74, 6) is 0.929. The van der Waals surface area contributed by atoms with Crippen LogP contribution in [0.1, 0.15) is 34.5 Å². The van der Waals surface area contributed by atoms with Gasteiger partial charge in [0.2, 0.25) is 10.0 Å². The summed E-state index contributed by atoms with van der Waals surface area (Å²) in [7, 11) is -0.380. The molecule has 0 radical (unpaired) electrons. The van der Waals surface area contributed by atoms with Crippen LogP contribution in [0.3, 0.4) is 0 Å². The topological polar surface area (TPSA) is 84.9 Å². The van der Waals surface area contributed by atoms with E-state index in [1.807, 2.05) is 49.4 Å². The number of carbonyl (C=O) groups excluding carboxylic acids is 1. The number of anilines is 1. The molecule has 0 saturated heterocycles. The number of rotatable bonds is 9. The van der Waals surface area contributed by atoms with Crippen molar-refractivity contribution in [2.24, 2.45) is 0 Å². The first-order valence-corrected chi connectivity index (χ1v) is 12.2. The predicted molar refractivity (Wildman–Crippen MR) is 129 cm³/mol. The van der Waals surface area contributed by atoms with Gasteiger partial charge in [0, 0.05) is 5.56 Å². The molecule has 3 rings (SSSR count). The molecule has 0 aromatic heterocycles. The Morgan fingerprint density at radius 2 is 1.58 bits per heavy atom. The van der Waals surface area contributed by atoms with E-state index >= 15 is 0 Å². The summed E-state index contributed by atoms with van der Waals surface area (Å²) in [5.41, 5.74) is 2.65. The molecule has 1 unspecified atom stereocenters. The molecular formula is C25H28N2O5S. The zero-order valence-corrected chi connectivity index (χ0v) is 19.9. The van der Waals surface area contributed by atoms with E-state index in [4.69, 9.17) is 9.47 Å². The number of nitrogens with one attached hydrogen (secondary N) is 1. The van der Waals surface area contributed by atoms with Gasteiger partial charge in [-0.15, -0.1) is 0 Å². The summed E-state index contributed by atoms with van der Waals surface area (Å²) in [6.45, 7) is 2.08. The SMILES string of the molecule is COc1ccc(C(C)NC(=O)c2ccc(N(Cc3ccccc3)S(C)(=O)=O)cc2)cc1OC. The maximum absolute atomic E-state index is 12.8. The third kappa shape index (κ3) is 6.04. The molecular weight excluding hydrogens is 440 g/mol. The Labute approximate surface area is 195 Å². The Bertz CT molecular complexity index is 1200. The normalized spacial score (nSPS) is 12.0. The van der Waals surface area contributed by atoms with Crippen LogP contribution in [0.4, 0.5) is 5.69 Å². The Balaban J connectivity index is 1.75. The van der Waals surface area contributed by atoms with Crippen molar-refractivity contribution >= 4 is 21.6 Å². The number of ether oxygens (including phenoxy) is 2. The second-order valence-corrected chi connectivity index (χ2v) is 9.52. The standard InChI is InChI=1S/C25H28N2O5S/c1-18(21-12-15-23(31-2)24(16-21)32-3)26-25(28)20-10-13-22(14-11-20)27(33(4,29)30)17-19-8-6-5-7-9-19/h5-16,18H,17H2,1-4H3,(H,26,28). The third-order valence-electron chi connectivity index (χ3n) is 5.24. The highest BCUT2D eigenvalue weighted by Gasteiger charge is 2.19. The molecule has 8 heteroatoms. The van der Waals surface area contributed by atoms with Crippen LogP contribution < -0.4 is 19.1 Å². The maximum atomic E-state index is 12.8. The lowest BCUT2D eigenvalue weighted by atomic mass is 10.1. The molecule has 7 nitrogen and oxygen atoms in total. The fraction of sp³-hybridized carbons (Fsp3) is 0.240. The molecule has 1 N–H and O–H groups in total. The van der Waals surface area contributed by atoms with Crippen molar-refractivity contribution in [2.45, 2.75) is 19.5 Å². The molecule has 0 spiro atoms. The van der Waals surface area contributed by atoms with Gasteiger partial charge in [-0.1, -0.05) is 36.4 Å². The number of carbonyl (C=O) groups is 1. The van der Waals surface area contributed by atoms with Crippen LogP contribution >= 0.6 is 0 Å². The summed E-state index contributed by atoms with van der Waals surface area (Å²) >= 11 is 0. The second-order valence-electron chi connectivity index (χ2n) is 7.61. The minimum Gasteiger partial charge on any atom is -0.493 e. The fourth-order valence-electron chi connectivity index (χ4n) is 3.41. The first kappa shape index (κ1) is 24.1. The molecule has 174 valence electrons. The van der Waals surface area contributed by atoms with Crippen LogP contribution in [-0.2, 0) is 16.6 Å². The predicted octanol–water partition coefficient (Wildman–Crippen LogP) is 4.16. The molecule has 0 saturated carbocycles. The molecule has 0 aliphatic carbocycles. The number of amides is 1. The van der Waals surface area contributed by atoms with Gasteiger partial charge in [0.05, 0.1) is 38.7 Å². The fourth-order valence-corrected chi connectivity index (χ4v) is 4.30. The van der Waals surface area contributed by atoms with Crippen LogP contribution in [0.2, 0.25) is 0 Å². The molecule has 1 amide bonds. The average Bonchev–Trinajstić information content (AvgIpc) is 2.82. The Morgan fingerprint density at radius 3 is 2.15 bits per heavy atom. The van der Waals surface area contributed by atoms with E-state index in [1.165, 1.54) is 10.6 Å². The van der Waals surface area contributed by atoms with Gasteiger partial charge in [-0.3, -0.25) is 9.10 Å². The minimum atomic E-state index is -3.51. The zero-order valence-electron chi connectivity index (χ0n) is 19.1. The van der Waals surface area contributed by atoms with Gasteiger partial charge < -0.3 is 14.8 Å². The molecule has 0 heterocycles. The Morgan fingerprint density at radius 1 is 0.939 bits per heavy atom. The smallest absolute Gasteiger partial charge is 0.251 e. The lowest BCUT2D eigenvalue weighted by Crippen LogP contribution is -2.29. The van der Waals surface area contributed by atoms with E-state index in [2.05, 4.69) is 5.32 Å². The number of sulfonamides is 1. The van der Waals surface area contributed by atoms with Gasteiger partial charge in [-0.2, -0.15) is 0 Å². The van der Waals surface area contributed by atoms with Gasteiger partial charge in [0.1, 0.15) is 0 Å². The molecule has 33 heavy (non-hydrogen) atoms. The quantitative estimate of drug-likeness (QED) is 0.510. The highest BCUT2D eigenvalue weighted by Crippen LogP contribution is 2.30. The molecule has 0 aliphatic rings. The van der Waals surface area contributed by atoms with Crippen LogP contribution in [-0.4, -0.2) is 34.8 Å². The van der Waals surface area contributed by atoms with Crippen molar-refractivity contribution in [2.75, 3.05) is 24.8 Å². The average molecular weight is 469 g/mol. The summed E-state index contributed by atoms with van der Waals surface area (Å²) in [6.07, 6.45) is 1.17. The molecule has 3 aromatic rings. The first-order chi connectivity index (χ1) is 15.7. The van der Waals surface area contributed by atoms with E-state index in [1.54, 1.807) is 44.6 Å². The summed E-state index contributed by atoms with van der Waals surface area (Å²) in [5, 5.41) is 2.95. The lowest BCUT2D eigenvalue weighted by Gasteiger charge is -2.23. The summed E-state index contributed by atoms with van der Waals surface area (Å²) in [4.78, 5) is 12.8. The van der Waals surface area contributed by atoms with Crippen LogP contribution in [0.5, 0.6) is 11.5 Å². The molecule has 0 aliphatic heterocycles. The van der Waals surface area contributed by atoms with E-state index < -0.39 is 10.0 Å². The van der Waals surface area contributed by atoms with Crippen LogP contribution in [0, 0.1) is 0 Å². The molecule has 1 atom stereocenters. The van der Waals surface area contributed by atoms with E-state index in [-0.39, 0.29) is 18.5 Å². The largest absolute Gasteiger partial charge is 0.493 e. The lowest BCUT2D eigenvalue weighted by molar-refractivity contribution is 0.0940. The molecule has 0 bridgehead atoms. The number of nitrogens with zero attached hydrogens (tertiary/aromatic N) is 1. The van der Waals surface area contributed by atoms with Crippen molar-refractivity contribution in [3.05, 3.63) is 89.5 Å². The van der Waals surface area contributed by atoms with Gasteiger partial charge >= 0.3 is 0 Å². The number of methoxy groups -OCH3 is 2. The third-order valence-corrected chi connectivity index (χ3v) is 6.38. The minimum absolute atomic E-state index is 0.210. The highest BCUT2D eigenvalue weighted by molar-refractivity contribution is 7.92.